The van der Waals surface area contributed by atoms with Gasteiger partial charge in [-0.1, -0.05) is 6.07 Å². The lowest BCUT2D eigenvalue weighted by Gasteiger charge is -2.07. The Balaban J connectivity index is 1.75. The number of rotatable bonds is 6. The third kappa shape index (κ3) is 4.37. The fourth-order valence-electron chi connectivity index (χ4n) is 2.52. The Kier molecular flexibility index (Phi) is 5.48. The molecule has 0 aliphatic rings. The highest BCUT2D eigenvalue weighted by Crippen LogP contribution is 2.17. The number of ether oxygens (including phenoxy) is 2. The van der Waals surface area contributed by atoms with Gasteiger partial charge in [-0.15, -0.1) is 0 Å². The minimum absolute atomic E-state index is 0.260. The molecule has 6 nitrogen and oxygen atoms in total. The number of methoxy groups -OCH3 is 1. The Morgan fingerprint density at radius 1 is 1.12 bits per heavy atom. The summed E-state index contributed by atoms with van der Waals surface area (Å²) in [5.41, 5.74) is 3.22. The first-order chi connectivity index (χ1) is 12.5. The number of nitrogens with one attached hydrogen (secondary N) is 1. The zero-order chi connectivity index (χ0) is 18.5. The van der Waals surface area contributed by atoms with E-state index in [1.165, 1.54) is 0 Å². The molecule has 0 atom stereocenters. The maximum Gasteiger partial charge on any atom is 0.216 e. The van der Waals surface area contributed by atoms with Gasteiger partial charge >= 0.3 is 0 Å². The first kappa shape index (κ1) is 17.9. The molecule has 3 aromatic rings. The maximum atomic E-state index is 5.85. The van der Waals surface area contributed by atoms with E-state index in [4.69, 9.17) is 21.7 Å². The summed E-state index contributed by atoms with van der Waals surface area (Å²) in [6.45, 7) is 4.33. The van der Waals surface area contributed by atoms with Gasteiger partial charge in [0.15, 0.2) is 5.82 Å². The maximum absolute atomic E-state index is 5.85. The van der Waals surface area contributed by atoms with Crippen molar-refractivity contribution in [3.05, 3.63) is 69.8 Å². The van der Waals surface area contributed by atoms with Gasteiger partial charge in [-0.05, 0) is 79.2 Å². The van der Waals surface area contributed by atoms with E-state index in [0.29, 0.717) is 10.6 Å². The predicted octanol–water partition coefficient (Wildman–Crippen LogP) is 4.03. The molecule has 3 rings (SSSR count). The summed E-state index contributed by atoms with van der Waals surface area (Å²) in [4.78, 5) is 0. The molecule has 0 bridgehead atoms. The molecule has 0 aliphatic heterocycles. The summed E-state index contributed by atoms with van der Waals surface area (Å²) < 4.78 is 13.0. The van der Waals surface area contributed by atoms with Crippen LogP contribution in [0.3, 0.4) is 0 Å². The molecule has 1 N–H and O–H groups in total. The smallest absolute Gasteiger partial charge is 0.216 e. The topological polar surface area (TPSA) is 64.4 Å². The van der Waals surface area contributed by atoms with Gasteiger partial charge in [0.1, 0.15) is 18.1 Å². The minimum Gasteiger partial charge on any atom is -0.497 e. The highest BCUT2D eigenvalue weighted by Gasteiger charge is 2.07. The van der Waals surface area contributed by atoms with Crippen molar-refractivity contribution in [2.75, 3.05) is 7.11 Å². The fraction of sp³-hybridized carbons (Fsp3) is 0.211. The van der Waals surface area contributed by atoms with Crippen molar-refractivity contribution in [2.45, 2.75) is 20.5 Å². The van der Waals surface area contributed by atoms with Crippen molar-refractivity contribution in [3.8, 4) is 11.5 Å². The van der Waals surface area contributed by atoms with Gasteiger partial charge in [0.2, 0.25) is 4.77 Å². The highest BCUT2D eigenvalue weighted by atomic mass is 32.1. The lowest BCUT2D eigenvalue weighted by Crippen LogP contribution is -2.04. The molecule has 0 fully saturated rings. The van der Waals surface area contributed by atoms with E-state index in [2.05, 4.69) is 21.4 Å². The third-order valence-electron chi connectivity index (χ3n) is 3.72. The van der Waals surface area contributed by atoms with Crippen LogP contribution in [0.5, 0.6) is 11.5 Å². The Morgan fingerprint density at radius 3 is 2.46 bits per heavy atom. The van der Waals surface area contributed by atoms with Gasteiger partial charge in [0.05, 0.1) is 13.3 Å². The van der Waals surface area contributed by atoms with Crippen molar-refractivity contribution in [2.24, 2.45) is 5.10 Å². The molecule has 0 saturated carbocycles. The van der Waals surface area contributed by atoms with E-state index in [9.17, 15) is 0 Å². The second-order valence-electron chi connectivity index (χ2n) is 5.89. The van der Waals surface area contributed by atoms with Crippen molar-refractivity contribution < 1.29 is 9.47 Å². The number of H-pyrrole nitrogens is 1. The largest absolute Gasteiger partial charge is 0.497 e. The quantitative estimate of drug-likeness (QED) is 0.527. The molecule has 1 aromatic heterocycles. The van der Waals surface area contributed by atoms with Gasteiger partial charge in [0, 0.05) is 0 Å². The first-order valence-electron chi connectivity index (χ1n) is 8.11. The molecular weight excluding hydrogens is 348 g/mol. The van der Waals surface area contributed by atoms with Gasteiger partial charge in [0.25, 0.3) is 0 Å². The normalized spacial score (nSPS) is 11.0. The van der Waals surface area contributed by atoms with Gasteiger partial charge in [-0.25, -0.2) is 5.10 Å². The molecule has 0 spiro atoms. The molecule has 0 amide bonds. The Labute approximate surface area is 157 Å². The number of aromatic nitrogens is 3. The number of hydrogen-bond acceptors (Lipinski definition) is 5. The van der Waals surface area contributed by atoms with Crippen LogP contribution in [-0.4, -0.2) is 28.2 Å². The highest BCUT2D eigenvalue weighted by molar-refractivity contribution is 7.71. The zero-order valence-electron chi connectivity index (χ0n) is 14.9. The standard InChI is InChI=1S/C19H20N4O2S/c1-13-8-14(2)10-17(9-13)25-12-18-21-22-19(26)23(18)20-11-15-4-6-16(24-3)7-5-15/h4-11H,12H2,1-3H3,(H,22,26)/b20-11-. The Hall–Kier alpha value is -2.93. The molecule has 2 aromatic carbocycles. The third-order valence-corrected chi connectivity index (χ3v) is 3.98. The average molecular weight is 368 g/mol. The Morgan fingerprint density at radius 2 is 1.81 bits per heavy atom. The van der Waals surface area contributed by atoms with Crippen LogP contribution < -0.4 is 9.47 Å². The van der Waals surface area contributed by atoms with E-state index in [-0.39, 0.29) is 6.61 Å². The molecule has 134 valence electrons. The van der Waals surface area contributed by atoms with E-state index in [1.807, 2.05) is 50.2 Å². The lowest BCUT2D eigenvalue weighted by molar-refractivity contribution is 0.290. The van der Waals surface area contributed by atoms with Crippen LogP contribution in [0.15, 0.2) is 47.6 Å². The molecular formula is C19H20N4O2S. The van der Waals surface area contributed by atoms with E-state index >= 15 is 0 Å². The van der Waals surface area contributed by atoms with Gasteiger partial charge in [-0.2, -0.15) is 14.9 Å². The summed E-state index contributed by atoms with van der Waals surface area (Å²) in [6.07, 6.45) is 1.71. The second kappa shape index (κ2) is 7.97. The van der Waals surface area contributed by atoms with Crippen LogP contribution >= 0.6 is 12.2 Å². The fourth-order valence-corrected chi connectivity index (χ4v) is 2.71. The predicted molar refractivity (Wildman–Crippen MR) is 104 cm³/mol. The lowest BCUT2D eigenvalue weighted by atomic mass is 10.1. The van der Waals surface area contributed by atoms with Crippen LogP contribution in [0.1, 0.15) is 22.5 Å². The molecule has 0 radical (unpaired) electrons. The van der Waals surface area contributed by atoms with E-state index in [0.717, 1.165) is 28.2 Å². The second-order valence-corrected chi connectivity index (χ2v) is 6.27. The Bertz CT molecular complexity index is 954. The summed E-state index contributed by atoms with van der Waals surface area (Å²) in [5.74, 6) is 2.19. The number of aromatic amines is 1. The number of hydrogen-bond donors (Lipinski definition) is 1. The molecule has 1 heterocycles. The van der Waals surface area contributed by atoms with Gasteiger partial charge in [-0.3, -0.25) is 0 Å². The summed E-state index contributed by atoms with van der Waals surface area (Å²) in [7, 11) is 1.63. The molecule has 26 heavy (non-hydrogen) atoms. The minimum atomic E-state index is 0.260. The summed E-state index contributed by atoms with van der Waals surface area (Å²) in [6, 6.07) is 13.6. The molecule has 7 heteroatoms. The van der Waals surface area contributed by atoms with Crippen LogP contribution in [0.25, 0.3) is 0 Å². The van der Waals surface area contributed by atoms with Crippen LogP contribution in [0, 0.1) is 18.6 Å². The van der Waals surface area contributed by atoms with Crippen molar-refractivity contribution >= 4 is 18.4 Å². The number of benzene rings is 2. The average Bonchev–Trinajstić information content (AvgIpc) is 2.97. The monoisotopic (exact) mass is 368 g/mol. The van der Waals surface area contributed by atoms with Crippen LogP contribution in [0.2, 0.25) is 0 Å². The number of aryl methyl sites for hydroxylation is 2. The number of nitrogens with zero attached hydrogens (tertiary/aromatic N) is 3. The molecule has 0 unspecified atom stereocenters. The summed E-state index contributed by atoms with van der Waals surface area (Å²) >= 11 is 5.26. The van der Waals surface area contributed by atoms with Gasteiger partial charge < -0.3 is 9.47 Å². The van der Waals surface area contributed by atoms with Crippen LogP contribution in [-0.2, 0) is 6.61 Å². The molecule has 0 saturated heterocycles. The van der Waals surface area contributed by atoms with E-state index < -0.39 is 0 Å². The zero-order valence-corrected chi connectivity index (χ0v) is 15.7. The first-order valence-corrected chi connectivity index (χ1v) is 8.52. The SMILES string of the molecule is COc1ccc(/C=N\n2c(COc3cc(C)cc(C)c3)n[nH]c2=S)cc1. The molecule has 0 aliphatic carbocycles. The van der Waals surface area contributed by atoms with E-state index in [1.54, 1.807) is 18.0 Å². The van der Waals surface area contributed by atoms with Crippen molar-refractivity contribution in [1.29, 1.82) is 0 Å². The van der Waals surface area contributed by atoms with Crippen LogP contribution in [0.4, 0.5) is 0 Å². The summed E-state index contributed by atoms with van der Waals surface area (Å²) in [5, 5.41) is 11.4. The van der Waals surface area contributed by atoms with Crippen molar-refractivity contribution in [1.82, 2.24) is 14.9 Å². The van der Waals surface area contributed by atoms with Crippen molar-refractivity contribution in [3.63, 3.8) is 0 Å².